The van der Waals surface area contributed by atoms with Gasteiger partial charge in [-0.15, -0.1) is 0 Å². The summed E-state index contributed by atoms with van der Waals surface area (Å²) in [5.41, 5.74) is 1.44. The van der Waals surface area contributed by atoms with Gasteiger partial charge in [0.15, 0.2) is 0 Å². The summed E-state index contributed by atoms with van der Waals surface area (Å²) in [6.07, 6.45) is 0. The fourth-order valence-corrected chi connectivity index (χ4v) is 3.51. The van der Waals surface area contributed by atoms with E-state index in [1.54, 1.807) is 48.5 Å². The highest BCUT2D eigenvalue weighted by Crippen LogP contribution is 2.29. The molecule has 0 saturated heterocycles. The summed E-state index contributed by atoms with van der Waals surface area (Å²) >= 11 is 18.3. The summed E-state index contributed by atoms with van der Waals surface area (Å²) in [4.78, 5) is 26.7. The van der Waals surface area contributed by atoms with Crippen LogP contribution >= 0.6 is 34.8 Å². The highest BCUT2D eigenvalue weighted by Gasteiger charge is 2.20. The van der Waals surface area contributed by atoms with Crippen molar-refractivity contribution in [3.63, 3.8) is 0 Å². The first-order chi connectivity index (χ1) is 14.9. The van der Waals surface area contributed by atoms with E-state index in [0.717, 1.165) is 5.56 Å². The number of likely N-dealkylation sites (N-methyl/N-ethyl adjacent to an activating group) is 1. The molecule has 0 fully saturated rings. The van der Waals surface area contributed by atoms with Crippen molar-refractivity contribution < 1.29 is 14.3 Å². The van der Waals surface area contributed by atoms with Crippen LogP contribution in [0.1, 0.15) is 15.9 Å². The lowest BCUT2D eigenvalue weighted by atomic mass is 10.1. The summed E-state index contributed by atoms with van der Waals surface area (Å²) in [7, 11) is 1.53. The number of halogens is 3. The molecular formula is C23H19Cl3N2O3. The number of hydrogen-bond acceptors (Lipinski definition) is 3. The molecule has 3 rings (SSSR count). The maximum Gasteiger partial charge on any atom is 0.257 e. The second-order valence-electron chi connectivity index (χ2n) is 6.68. The van der Waals surface area contributed by atoms with Crippen LogP contribution in [0.25, 0.3) is 0 Å². The lowest BCUT2D eigenvalue weighted by Crippen LogP contribution is -2.35. The molecule has 2 amide bonds. The Bertz CT molecular complexity index is 1080. The minimum Gasteiger partial charge on any atom is -0.488 e. The number of para-hydroxylation sites is 2. The van der Waals surface area contributed by atoms with Crippen LogP contribution in [0.4, 0.5) is 5.69 Å². The summed E-state index contributed by atoms with van der Waals surface area (Å²) in [6, 6.07) is 19.1. The third kappa shape index (κ3) is 5.91. The molecule has 31 heavy (non-hydrogen) atoms. The van der Waals surface area contributed by atoms with Crippen molar-refractivity contribution >= 4 is 52.3 Å². The van der Waals surface area contributed by atoms with E-state index in [2.05, 4.69) is 5.32 Å². The Balaban J connectivity index is 1.68. The van der Waals surface area contributed by atoms with E-state index in [4.69, 9.17) is 39.5 Å². The molecule has 3 aromatic carbocycles. The SMILES string of the molecule is CN(CC(=O)Nc1c(Cl)cccc1Cl)C(=O)c1ccccc1OCc1ccccc1Cl. The van der Waals surface area contributed by atoms with Crippen LogP contribution < -0.4 is 10.1 Å². The molecule has 0 aliphatic rings. The van der Waals surface area contributed by atoms with Gasteiger partial charge in [0, 0.05) is 17.6 Å². The van der Waals surface area contributed by atoms with Crippen molar-refractivity contribution in [1.82, 2.24) is 4.90 Å². The average molecular weight is 478 g/mol. The second-order valence-corrected chi connectivity index (χ2v) is 7.90. The van der Waals surface area contributed by atoms with Crippen molar-refractivity contribution in [1.29, 1.82) is 0 Å². The van der Waals surface area contributed by atoms with Gasteiger partial charge >= 0.3 is 0 Å². The minimum atomic E-state index is -0.430. The molecule has 0 saturated carbocycles. The van der Waals surface area contributed by atoms with Gasteiger partial charge in [0.1, 0.15) is 12.4 Å². The average Bonchev–Trinajstić information content (AvgIpc) is 2.75. The molecule has 3 aromatic rings. The number of ether oxygens (including phenoxy) is 1. The van der Waals surface area contributed by atoms with E-state index in [1.165, 1.54) is 11.9 Å². The largest absolute Gasteiger partial charge is 0.488 e. The maximum absolute atomic E-state index is 13.0. The van der Waals surface area contributed by atoms with Crippen molar-refractivity contribution in [3.8, 4) is 5.75 Å². The molecule has 0 aromatic heterocycles. The van der Waals surface area contributed by atoms with Crippen molar-refractivity contribution in [2.75, 3.05) is 18.9 Å². The first-order valence-corrected chi connectivity index (χ1v) is 10.4. The maximum atomic E-state index is 13.0. The summed E-state index contributed by atoms with van der Waals surface area (Å²) < 4.78 is 5.84. The number of nitrogens with zero attached hydrogens (tertiary/aromatic N) is 1. The number of anilines is 1. The molecule has 0 bridgehead atoms. The minimum absolute atomic E-state index is 0.195. The van der Waals surface area contributed by atoms with E-state index < -0.39 is 5.91 Å². The predicted molar refractivity (Wildman–Crippen MR) is 124 cm³/mol. The second kappa shape index (κ2) is 10.5. The number of amides is 2. The zero-order valence-corrected chi connectivity index (χ0v) is 18.8. The Morgan fingerprint density at radius 1 is 0.871 bits per heavy atom. The van der Waals surface area contributed by atoms with Crippen LogP contribution in [0.2, 0.25) is 15.1 Å². The molecule has 0 aliphatic carbocycles. The zero-order valence-electron chi connectivity index (χ0n) is 16.6. The highest BCUT2D eigenvalue weighted by molar-refractivity contribution is 6.39. The third-order valence-corrected chi connectivity index (χ3v) is 5.41. The van der Waals surface area contributed by atoms with E-state index in [-0.39, 0.29) is 19.1 Å². The van der Waals surface area contributed by atoms with Crippen LogP contribution in [0.3, 0.4) is 0 Å². The molecule has 0 atom stereocenters. The first kappa shape index (κ1) is 22.9. The monoisotopic (exact) mass is 476 g/mol. The summed E-state index contributed by atoms with van der Waals surface area (Å²) in [5, 5.41) is 3.85. The molecule has 0 aliphatic heterocycles. The Labute approximate surface area is 195 Å². The number of benzene rings is 3. The lowest BCUT2D eigenvalue weighted by molar-refractivity contribution is -0.116. The molecule has 0 spiro atoms. The number of carbonyl (C=O) groups is 2. The third-order valence-electron chi connectivity index (χ3n) is 4.41. The molecule has 0 unspecified atom stereocenters. The standard InChI is InChI=1S/C23H19Cl3N2O3/c1-28(13-21(29)27-22-18(25)10-6-11-19(22)26)23(30)16-8-3-5-12-20(16)31-14-15-7-2-4-9-17(15)24/h2-12H,13-14H2,1H3,(H,27,29). The number of carbonyl (C=O) groups excluding carboxylic acids is 2. The fraction of sp³-hybridized carbons (Fsp3) is 0.130. The fourth-order valence-electron chi connectivity index (χ4n) is 2.83. The Hall–Kier alpha value is -2.73. The quantitative estimate of drug-likeness (QED) is 0.458. The van der Waals surface area contributed by atoms with Crippen molar-refractivity contribution in [2.45, 2.75) is 6.61 Å². The van der Waals surface area contributed by atoms with E-state index in [1.807, 2.05) is 18.2 Å². The molecule has 0 heterocycles. The Kier molecular flexibility index (Phi) is 7.80. The van der Waals surface area contributed by atoms with Gasteiger partial charge in [-0.25, -0.2) is 0 Å². The van der Waals surface area contributed by atoms with Gasteiger partial charge in [0.05, 0.1) is 27.8 Å². The molecular weight excluding hydrogens is 459 g/mol. The van der Waals surface area contributed by atoms with E-state index in [0.29, 0.717) is 32.1 Å². The van der Waals surface area contributed by atoms with Crippen LogP contribution in [0, 0.1) is 0 Å². The Morgan fingerprint density at radius 2 is 1.48 bits per heavy atom. The molecule has 1 N–H and O–H groups in total. The van der Waals surface area contributed by atoms with E-state index in [9.17, 15) is 9.59 Å². The molecule has 160 valence electrons. The van der Waals surface area contributed by atoms with Gasteiger partial charge in [-0.3, -0.25) is 9.59 Å². The molecule has 8 heteroatoms. The zero-order chi connectivity index (χ0) is 22.4. The highest BCUT2D eigenvalue weighted by atomic mass is 35.5. The number of rotatable bonds is 7. The van der Waals surface area contributed by atoms with Gasteiger partial charge in [0.2, 0.25) is 5.91 Å². The van der Waals surface area contributed by atoms with Gasteiger partial charge in [0.25, 0.3) is 5.91 Å². The number of hydrogen-bond donors (Lipinski definition) is 1. The van der Waals surface area contributed by atoms with Crippen LogP contribution in [0.5, 0.6) is 5.75 Å². The molecule has 0 radical (unpaired) electrons. The van der Waals surface area contributed by atoms with Crippen LogP contribution in [0.15, 0.2) is 66.7 Å². The van der Waals surface area contributed by atoms with Crippen molar-refractivity contribution in [2.24, 2.45) is 0 Å². The van der Waals surface area contributed by atoms with Crippen molar-refractivity contribution in [3.05, 3.63) is 92.9 Å². The summed E-state index contributed by atoms with van der Waals surface area (Å²) in [6.45, 7) is 0.0123. The Morgan fingerprint density at radius 3 is 2.19 bits per heavy atom. The predicted octanol–water partition coefficient (Wildman–Crippen LogP) is 5.94. The normalized spacial score (nSPS) is 10.5. The number of nitrogens with one attached hydrogen (secondary N) is 1. The van der Waals surface area contributed by atoms with E-state index >= 15 is 0 Å². The van der Waals surface area contributed by atoms with Gasteiger partial charge in [-0.05, 0) is 30.3 Å². The van der Waals surface area contributed by atoms with Gasteiger partial charge < -0.3 is 15.0 Å². The molecule has 5 nitrogen and oxygen atoms in total. The first-order valence-electron chi connectivity index (χ1n) is 9.31. The van der Waals surface area contributed by atoms with Crippen LogP contribution in [-0.4, -0.2) is 30.3 Å². The van der Waals surface area contributed by atoms with Gasteiger partial charge in [-0.1, -0.05) is 71.2 Å². The smallest absolute Gasteiger partial charge is 0.257 e. The lowest BCUT2D eigenvalue weighted by Gasteiger charge is -2.19. The van der Waals surface area contributed by atoms with Gasteiger partial charge in [-0.2, -0.15) is 0 Å². The summed E-state index contributed by atoms with van der Waals surface area (Å²) in [5.74, 6) is -0.399. The van der Waals surface area contributed by atoms with Crippen LogP contribution in [-0.2, 0) is 11.4 Å². The topological polar surface area (TPSA) is 58.6 Å².